The highest BCUT2D eigenvalue weighted by molar-refractivity contribution is 5.07. The first-order valence-corrected chi connectivity index (χ1v) is 8.56. The highest BCUT2D eigenvalue weighted by Crippen LogP contribution is 2.36. The third kappa shape index (κ3) is 3.50. The van der Waals surface area contributed by atoms with Crippen LogP contribution in [-0.2, 0) is 29.7 Å². The van der Waals surface area contributed by atoms with Gasteiger partial charge in [0.15, 0.2) is 0 Å². The summed E-state index contributed by atoms with van der Waals surface area (Å²) in [5, 5.41) is 4.47. The molecule has 0 N–H and O–H groups in total. The third-order valence-electron chi connectivity index (χ3n) is 4.93. The average molecular weight is 328 g/mol. The van der Waals surface area contributed by atoms with Gasteiger partial charge in [-0.05, 0) is 24.1 Å². The van der Waals surface area contributed by atoms with E-state index in [0.717, 1.165) is 43.7 Å². The lowest BCUT2D eigenvalue weighted by Crippen LogP contribution is -2.33. The van der Waals surface area contributed by atoms with Crippen LogP contribution in [0.1, 0.15) is 24.1 Å². The Kier molecular flexibility index (Phi) is 4.35. The number of pyridine rings is 1. The van der Waals surface area contributed by atoms with Gasteiger partial charge in [0, 0.05) is 51.7 Å². The standard InChI is InChI=1S/C18H24N4O2/c1-21-7-4-16(20-21)11-22-8-5-18(14-22)9-17(13-24-18)23-12-15-3-2-6-19-10-15/h2-4,6-7,10,17H,5,8-9,11-14H2,1H3/t17-,18-/m0/s1. The summed E-state index contributed by atoms with van der Waals surface area (Å²) in [7, 11) is 1.96. The van der Waals surface area contributed by atoms with Crippen molar-refractivity contribution in [3.05, 3.63) is 48.0 Å². The molecule has 2 atom stereocenters. The molecular formula is C18H24N4O2. The normalized spacial score (nSPS) is 27.3. The minimum atomic E-state index is -0.0333. The molecule has 4 rings (SSSR count). The monoisotopic (exact) mass is 328 g/mol. The predicted molar refractivity (Wildman–Crippen MR) is 89.2 cm³/mol. The number of aryl methyl sites for hydroxylation is 1. The topological polar surface area (TPSA) is 52.4 Å². The van der Waals surface area contributed by atoms with Gasteiger partial charge in [0.1, 0.15) is 0 Å². The first-order valence-electron chi connectivity index (χ1n) is 8.56. The summed E-state index contributed by atoms with van der Waals surface area (Å²) in [5.74, 6) is 0. The first kappa shape index (κ1) is 15.7. The van der Waals surface area contributed by atoms with Crippen molar-refractivity contribution in [2.24, 2.45) is 7.05 Å². The summed E-state index contributed by atoms with van der Waals surface area (Å²) in [6.07, 6.45) is 7.87. The second-order valence-electron chi connectivity index (χ2n) is 6.93. The molecule has 4 heterocycles. The van der Waals surface area contributed by atoms with Crippen molar-refractivity contribution in [3.63, 3.8) is 0 Å². The lowest BCUT2D eigenvalue weighted by Gasteiger charge is -2.23. The van der Waals surface area contributed by atoms with Crippen LogP contribution in [0.3, 0.4) is 0 Å². The molecule has 0 radical (unpaired) electrons. The van der Waals surface area contributed by atoms with E-state index in [9.17, 15) is 0 Å². The van der Waals surface area contributed by atoms with Crippen molar-refractivity contribution in [2.45, 2.75) is 37.7 Å². The lowest BCUT2D eigenvalue weighted by atomic mass is 9.98. The molecule has 2 saturated heterocycles. The zero-order chi connectivity index (χ0) is 16.4. The molecule has 128 valence electrons. The van der Waals surface area contributed by atoms with Gasteiger partial charge >= 0.3 is 0 Å². The van der Waals surface area contributed by atoms with Gasteiger partial charge in [0.25, 0.3) is 0 Å². The first-order chi connectivity index (χ1) is 11.7. The number of aromatic nitrogens is 3. The second kappa shape index (κ2) is 6.63. The third-order valence-corrected chi connectivity index (χ3v) is 4.93. The van der Waals surface area contributed by atoms with E-state index in [1.54, 1.807) is 6.20 Å². The summed E-state index contributed by atoms with van der Waals surface area (Å²) in [6, 6.07) is 6.07. The van der Waals surface area contributed by atoms with Crippen LogP contribution in [0.4, 0.5) is 0 Å². The Labute approximate surface area is 142 Å². The van der Waals surface area contributed by atoms with Crippen LogP contribution in [0.15, 0.2) is 36.8 Å². The fourth-order valence-corrected chi connectivity index (χ4v) is 3.73. The molecule has 0 bridgehead atoms. The van der Waals surface area contributed by atoms with E-state index in [0.29, 0.717) is 13.2 Å². The summed E-state index contributed by atoms with van der Waals surface area (Å²) in [6.45, 7) is 4.22. The minimum Gasteiger partial charge on any atom is -0.371 e. The lowest BCUT2D eigenvalue weighted by molar-refractivity contribution is -0.000505. The largest absolute Gasteiger partial charge is 0.371 e. The number of hydrogen-bond donors (Lipinski definition) is 0. The van der Waals surface area contributed by atoms with Crippen molar-refractivity contribution in [1.29, 1.82) is 0 Å². The van der Waals surface area contributed by atoms with Gasteiger partial charge in [0.05, 0.1) is 30.6 Å². The molecule has 6 nitrogen and oxygen atoms in total. The highest BCUT2D eigenvalue weighted by atomic mass is 16.6. The SMILES string of the molecule is Cn1ccc(CN2CC[C@]3(C[C@H](OCc4cccnc4)CO3)C2)n1. The van der Waals surface area contributed by atoms with Gasteiger partial charge in [-0.2, -0.15) is 5.10 Å². The number of hydrogen-bond acceptors (Lipinski definition) is 5. The number of likely N-dealkylation sites (tertiary alicyclic amines) is 1. The van der Waals surface area contributed by atoms with E-state index in [2.05, 4.69) is 21.0 Å². The highest BCUT2D eigenvalue weighted by Gasteiger charge is 2.45. The van der Waals surface area contributed by atoms with E-state index >= 15 is 0 Å². The molecule has 24 heavy (non-hydrogen) atoms. The van der Waals surface area contributed by atoms with E-state index in [1.165, 1.54) is 0 Å². The molecule has 0 amide bonds. The molecule has 0 saturated carbocycles. The van der Waals surface area contributed by atoms with Crippen molar-refractivity contribution in [1.82, 2.24) is 19.7 Å². The molecule has 2 aliphatic heterocycles. The molecule has 2 aliphatic rings. The Morgan fingerprint density at radius 2 is 2.38 bits per heavy atom. The van der Waals surface area contributed by atoms with Crippen molar-refractivity contribution >= 4 is 0 Å². The Hall–Kier alpha value is -1.76. The van der Waals surface area contributed by atoms with Gasteiger partial charge < -0.3 is 9.47 Å². The van der Waals surface area contributed by atoms with Gasteiger partial charge in [-0.15, -0.1) is 0 Å². The van der Waals surface area contributed by atoms with Gasteiger partial charge in [-0.1, -0.05) is 6.07 Å². The molecule has 2 aromatic rings. The van der Waals surface area contributed by atoms with Crippen LogP contribution in [0.2, 0.25) is 0 Å². The number of nitrogens with zero attached hydrogens (tertiary/aromatic N) is 4. The van der Waals surface area contributed by atoms with Gasteiger partial charge in [0.2, 0.25) is 0 Å². The fourth-order valence-electron chi connectivity index (χ4n) is 3.73. The van der Waals surface area contributed by atoms with Crippen molar-refractivity contribution in [2.75, 3.05) is 19.7 Å². The van der Waals surface area contributed by atoms with Gasteiger partial charge in [-0.25, -0.2) is 0 Å². The zero-order valence-electron chi connectivity index (χ0n) is 14.1. The maximum Gasteiger partial charge on any atom is 0.0847 e. The summed E-state index contributed by atoms with van der Waals surface area (Å²) < 4.78 is 14.1. The minimum absolute atomic E-state index is 0.0333. The van der Waals surface area contributed by atoms with Crippen LogP contribution in [0.5, 0.6) is 0 Å². The van der Waals surface area contributed by atoms with E-state index in [-0.39, 0.29) is 11.7 Å². The Balaban J connectivity index is 1.28. The molecule has 1 spiro atoms. The van der Waals surface area contributed by atoms with Crippen molar-refractivity contribution in [3.8, 4) is 0 Å². The maximum absolute atomic E-state index is 6.17. The predicted octanol–water partition coefficient (Wildman–Crippen LogP) is 1.77. The van der Waals surface area contributed by atoms with Crippen molar-refractivity contribution < 1.29 is 9.47 Å². The number of ether oxygens (including phenoxy) is 2. The van der Waals surface area contributed by atoms with Crippen LogP contribution in [0.25, 0.3) is 0 Å². The number of rotatable bonds is 5. The Bertz CT molecular complexity index is 675. The quantitative estimate of drug-likeness (QED) is 0.837. The van der Waals surface area contributed by atoms with Crippen LogP contribution in [-0.4, -0.2) is 51.1 Å². The Morgan fingerprint density at radius 1 is 1.42 bits per heavy atom. The molecular weight excluding hydrogens is 304 g/mol. The van der Waals surface area contributed by atoms with Crippen LogP contribution >= 0.6 is 0 Å². The van der Waals surface area contributed by atoms with Gasteiger partial charge in [-0.3, -0.25) is 14.6 Å². The molecule has 2 fully saturated rings. The van der Waals surface area contributed by atoms with Crippen LogP contribution < -0.4 is 0 Å². The second-order valence-corrected chi connectivity index (χ2v) is 6.93. The Morgan fingerprint density at radius 3 is 3.17 bits per heavy atom. The molecule has 6 heteroatoms. The zero-order valence-corrected chi connectivity index (χ0v) is 14.1. The van der Waals surface area contributed by atoms with Crippen LogP contribution in [0, 0.1) is 0 Å². The van der Waals surface area contributed by atoms with E-state index < -0.39 is 0 Å². The van der Waals surface area contributed by atoms with E-state index in [4.69, 9.17) is 9.47 Å². The summed E-state index contributed by atoms with van der Waals surface area (Å²) in [4.78, 5) is 6.56. The molecule has 0 unspecified atom stereocenters. The fraction of sp³-hybridized carbons (Fsp3) is 0.556. The maximum atomic E-state index is 6.17. The molecule has 0 aromatic carbocycles. The molecule has 2 aromatic heterocycles. The molecule has 0 aliphatic carbocycles. The summed E-state index contributed by atoms with van der Waals surface area (Å²) in [5.41, 5.74) is 2.20. The average Bonchev–Trinajstić information content (AvgIpc) is 3.29. The summed E-state index contributed by atoms with van der Waals surface area (Å²) >= 11 is 0. The smallest absolute Gasteiger partial charge is 0.0847 e. The van der Waals surface area contributed by atoms with E-state index in [1.807, 2.05) is 36.3 Å².